The second-order valence-electron chi connectivity index (χ2n) is 15.2. The number of piperidine rings is 1. The first-order valence-corrected chi connectivity index (χ1v) is 19.4. The normalized spacial score (nSPS) is 31.0. The molecule has 7 nitrogen and oxygen atoms in total. The van der Waals surface area contributed by atoms with Crippen molar-refractivity contribution in [3.8, 4) is 5.75 Å². The summed E-state index contributed by atoms with van der Waals surface area (Å²) in [5.74, 6) is -4.85. The lowest BCUT2D eigenvalue weighted by molar-refractivity contribution is -0.284. The molecule has 2 heterocycles. The largest absolute Gasteiger partial charge is 0.453 e. The number of fused-ring (bicyclic) bond motifs is 5. The molecule has 2 aliphatic heterocycles. The molecular weight excluding hydrogens is 686 g/mol. The molecule has 6 rings (SSSR count). The topological polar surface area (TPSA) is 84.0 Å². The molecule has 0 radical (unpaired) electrons. The molecule has 2 saturated carbocycles. The quantitative estimate of drug-likeness (QED) is 0.235. The van der Waals surface area contributed by atoms with E-state index in [0.717, 1.165) is 24.1 Å². The van der Waals surface area contributed by atoms with Gasteiger partial charge in [0, 0.05) is 66.2 Å². The summed E-state index contributed by atoms with van der Waals surface area (Å²) < 4.78 is 97.5. The van der Waals surface area contributed by atoms with Crippen LogP contribution in [0.4, 0.5) is 31.1 Å². The molecule has 4 fully saturated rings. The van der Waals surface area contributed by atoms with Gasteiger partial charge in [0.25, 0.3) is 0 Å². The van der Waals surface area contributed by atoms with Crippen LogP contribution in [0.5, 0.6) is 5.75 Å². The zero-order valence-corrected chi connectivity index (χ0v) is 29.1. The van der Waals surface area contributed by atoms with Crippen LogP contribution in [0.2, 0.25) is 0 Å². The van der Waals surface area contributed by atoms with E-state index < -0.39 is 53.4 Å². The number of benzene rings is 1. The lowest BCUT2D eigenvalue weighted by Gasteiger charge is -2.51. The van der Waals surface area contributed by atoms with Crippen molar-refractivity contribution in [1.82, 2.24) is 9.80 Å². The fraction of sp³-hybridized carbons (Fsp3) is 0.750. The first-order chi connectivity index (χ1) is 23.6. The maximum atomic E-state index is 14.9. The number of ether oxygens (including phenoxy) is 1. The number of Topliss-reactive ketones (excluding diaryl/α,β-unsaturated/α-hetero) is 1. The van der Waals surface area contributed by atoms with E-state index >= 15 is 0 Å². The molecule has 3 aliphatic carbocycles. The maximum absolute atomic E-state index is 14.9. The average Bonchev–Trinajstić information content (AvgIpc) is 3.59. The third kappa shape index (κ3) is 7.33. The van der Waals surface area contributed by atoms with Crippen molar-refractivity contribution >= 4 is 28.6 Å². The van der Waals surface area contributed by atoms with Gasteiger partial charge >= 0.3 is 18.2 Å². The van der Waals surface area contributed by atoms with Crippen molar-refractivity contribution in [2.75, 3.05) is 31.1 Å². The zero-order valence-electron chi connectivity index (χ0n) is 28.3. The van der Waals surface area contributed by atoms with Crippen LogP contribution < -0.4 is 4.74 Å². The van der Waals surface area contributed by atoms with Gasteiger partial charge < -0.3 is 14.5 Å². The van der Waals surface area contributed by atoms with E-state index in [9.17, 15) is 44.9 Å². The Hall–Kier alpha value is -2.64. The van der Waals surface area contributed by atoms with E-state index in [1.165, 1.54) is 0 Å². The van der Waals surface area contributed by atoms with Gasteiger partial charge in [-0.15, -0.1) is 0 Å². The first kappa shape index (κ1) is 37.1. The van der Waals surface area contributed by atoms with E-state index in [1.807, 2.05) is 24.0 Å². The number of carbonyl (C=O) groups excluding carboxylic acids is 3. The number of ketones is 1. The molecule has 1 aromatic carbocycles. The van der Waals surface area contributed by atoms with Crippen LogP contribution in [0.3, 0.4) is 0 Å². The molecule has 0 aromatic heterocycles. The van der Waals surface area contributed by atoms with E-state index in [0.29, 0.717) is 70.2 Å². The van der Waals surface area contributed by atoms with Crippen LogP contribution in [0.1, 0.15) is 94.6 Å². The van der Waals surface area contributed by atoms with Gasteiger partial charge in [-0.2, -0.15) is 22.0 Å². The van der Waals surface area contributed by atoms with Gasteiger partial charge in [-0.3, -0.25) is 13.8 Å². The van der Waals surface area contributed by atoms with Crippen molar-refractivity contribution in [3.63, 3.8) is 0 Å². The molecule has 14 heteroatoms. The summed E-state index contributed by atoms with van der Waals surface area (Å²) >= 11 is 0. The van der Waals surface area contributed by atoms with Crippen molar-refractivity contribution in [2.45, 2.75) is 114 Å². The summed E-state index contributed by atoms with van der Waals surface area (Å²) in [6.45, 7) is 3.61. The second kappa shape index (κ2) is 14.4. The van der Waals surface area contributed by atoms with Gasteiger partial charge in [-0.1, -0.05) is 13.0 Å². The van der Waals surface area contributed by atoms with E-state index in [-0.39, 0.29) is 59.3 Å². The van der Waals surface area contributed by atoms with Crippen LogP contribution in [-0.2, 0) is 26.8 Å². The van der Waals surface area contributed by atoms with E-state index in [1.54, 1.807) is 11.0 Å². The van der Waals surface area contributed by atoms with Gasteiger partial charge in [0.1, 0.15) is 5.75 Å². The van der Waals surface area contributed by atoms with Crippen LogP contribution in [0.25, 0.3) is 0 Å². The highest BCUT2D eigenvalue weighted by Crippen LogP contribution is 2.62. The molecular formula is C36H46F6N2O5S. The Morgan fingerprint density at radius 3 is 2.44 bits per heavy atom. The number of likely N-dealkylation sites (tertiary alicyclic amines) is 2. The predicted molar refractivity (Wildman–Crippen MR) is 174 cm³/mol. The highest BCUT2D eigenvalue weighted by molar-refractivity contribution is 7.84. The molecule has 7 atom stereocenters. The van der Waals surface area contributed by atoms with Crippen molar-refractivity contribution in [1.29, 1.82) is 0 Å². The third-order valence-corrected chi connectivity index (χ3v) is 13.8. The fourth-order valence-corrected chi connectivity index (χ4v) is 10.8. The van der Waals surface area contributed by atoms with Gasteiger partial charge in [0.05, 0.1) is 0 Å². The zero-order chi connectivity index (χ0) is 36.0. The highest BCUT2D eigenvalue weighted by atomic mass is 32.2. The van der Waals surface area contributed by atoms with Crippen molar-refractivity contribution in [2.24, 2.45) is 23.2 Å². The lowest BCUT2D eigenvalue weighted by atomic mass is 9.52. The Labute approximate surface area is 291 Å². The number of halogens is 6. The SMILES string of the molecule is C[C@]12CC[C@@H]3c4ccc(OC(=O)N5CCC(N6CCCC6=O)CC5)cc4C[C@@H](CCCS(=O)CCCC(F)(F)C(F)(F)F)[C@H]3[C@@H]1CC(F)C2=O. The Balaban J connectivity index is 1.11. The van der Waals surface area contributed by atoms with Crippen LogP contribution in [-0.4, -0.2) is 87.2 Å². The Bertz CT molecular complexity index is 1480. The average molecular weight is 733 g/mol. The van der Waals surface area contributed by atoms with Crippen LogP contribution in [0, 0.1) is 23.2 Å². The van der Waals surface area contributed by atoms with Gasteiger partial charge in [-0.05, 0) is 111 Å². The summed E-state index contributed by atoms with van der Waals surface area (Å²) in [4.78, 5) is 41.9. The standard InChI is InChI=1S/C36H46F6N2O5S/c1-34-13-9-27-26-8-7-25(49-33(47)43-15-10-24(11-16-43)44-14-2-6-30(44)45)20-23(26)19-22(31(27)28(34)21-29(37)32(34)46)5-3-17-50(48)18-4-12-35(38,39)36(40,41)42/h7-8,20,22,24,27-29,31H,2-6,9-19,21H2,1H3/t22-,27-,28+,29?,31-,34+,50?/m1/s1. The minimum absolute atomic E-state index is 0.0120. The summed E-state index contributed by atoms with van der Waals surface area (Å²) in [5, 5.41) is 0. The molecule has 5 aliphatic rings. The second-order valence-corrected chi connectivity index (χ2v) is 16.9. The van der Waals surface area contributed by atoms with E-state index in [4.69, 9.17) is 4.74 Å². The maximum Gasteiger partial charge on any atom is 0.453 e. The number of nitrogens with zero attached hydrogens (tertiary/aromatic N) is 2. The summed E-state index contributed by atoms with van der Waals surface area (Å²) in [5.41, 5.74) is 1.31. The molecule has 50 heavy (non-hydrogen) atoms. The number of rotatable bonds is 10. The van der Waals surface area contributed by atoms with Crippen LogP contribution >= 0.6 is 0 Å². The third-order valence-electron chi connectivity index (χ3n) is 12.3. The number of alkyl halides is 6. The molecule has 0 N–H and O–H groups in total. The Morgan fingerprint density at radius 2 is 1.76 bits per heavy atom. The highest BCUT2D eigenvalue weighted by Gasteiger charge is 2.60. The predicted octanol–water partition coefficient (Wildman–Crippen LogP) is 7.38. The fourth-order valence-electron chi connectivity index (χ4n) is 9.65. The number of hydrogen-bond acceptors (Lipinski definition) is 5. The number of carbonyl (C=O) groups is 3. The van der Waals surface area contributed by atoms with Gasteiger partial charge in [0.2, 0.25) is 5.91 Å². The van der Waals surface area contributed by atoms with Gasteiger partial charge in [0.15, 0.2) is 12.0 Å². The summed E-state index contributed by atoms with van der Waals surface area (Å²) in [7, 11) is -1.58. The Morgan fingerprint density at radius 1 is 1.04 bits per heavy atom. The minimum Gasteiger partial charge on any atom is -0.410 e. The summed E-state index contributed by atoms with van der Waals surface area (Å²) in [6.07, 6.45) is -3.71. The lowest BCUT2D eigenvalue weighted by Crippen LogP contribution is -2.47. The molecule has 2 amide bonds. The van der Waals surface area contributed by atoms with Gasteiger partial charge in [-0.25, -0.2) is 9.18 Å². The van der Waals surface area contributed by atoms with E-state index in [2.05, 4.69) is 0 Å². The first-order valence-electron chi connectivity index (χ1n) is 18.0. The molecule has 278 valence electrons. The minimum atomic E-state index is -5.64. The smallest absolute Gasteiger partial charge is 0.410 e. The summed E-state index contributed by atoms with van der Waals surface area (Å²) in [6, 6.07) is 5.76. The van der Waals surface area contributed by atoms with Crippen molar-refractivity contribution < 1.29 is 49.7 Å². The Kier molecular flexibility index (Phi) is 10.7. The molecule has 1 aromatic rings. The molecule has 2 unspecified atom stereocenters. The number of amides is 2. The van der Waals surface area contributed by atoms with Crippen LogP contribution in [0.15, 0.2) is 18.2 Å². The number of hydrogen-bond donors (Lipinski definition) is 0. The monoisotopic (exact) mass is 732 g/mol. The molecule has 0 spiro atoms. The molecule has 0 bridgehead atoms. The van der Waals surface area contributed by atoms with Crippen molar-refractivity contribution in [3.05, 3.63) is 29.3 Å². The molecule has 2 saturated heterocycles.